The van der Waals surface area contributed by atoms with Crippen molar-refractivity contribution in [3.8, 4) is 0 Å². The first kappa shape index (κ1) is 19.2. The van der Waals surface area contributed by atoms with Crippen molar-refractivity contribution in [3.05, 3.63) is 98.4 Å². The quantitative estimate of drug-likeness (QED) is 0.422. The third-order valence-electron chi connectivity index (χ3n) is 4.34. The van der Waals surface area contributed by atoms with Crippen LogP contribution in [0.1, 0.15) is 11.1 Å². The summed E-state index contributed by atoms with van der Waals surface area (Å²) < 4.78 is 1.52. The van der Waals surface area contributed by atoms with Gasteiger partial charge in [0.25, 0.3) is 5.56 Å². The van der Waals surface area contributed by atoms with E-state index in [4.69, 9.17) is 23.2 Å². The molecule has 0 atom stereocenters. The van der Waals surface area contributed by atoms with E-state index >= 15 is 0 Å². The summed E-state index contributed by atoms with van der Waals surface area (Å²) in [5, 5.41) is 4.40. The summed E-state index contributed by atoms with van der Waals surface area (Å²) in [5.41, 5.74) is 2.98. The monoisotopic (exact) mass is 422 g/mol. The second-order valence-electron chi connectivity index (χ2n) is 6.43. The van der Waals surface area contributed by atoms with Gasteiger partial charge in [-0.1, -0.05) is 35.3 Å². The van der Waals surface area contributed by atoms with Gasteiger partial charge in [-0.15, -0.1) is 0 Å². The van der Waals surface area contributed by atoms with Crippen molar-refractivity contribution in [1.82, 2.24) is 9.38 Å². The van der Waals surface area contributed by atoms with Crippen molar-refractivity contribution in [2.24, 2.45) is 4.99 Å². The summed E-state index contributed by atoms with van der Waals surface area (Å²) >= 11 is 12.0. The number of halogens is 2. The highest BCUT2D eigenvalue weighted by Crippen LogP contribution is 2.22. The minimum absolute atomic E-state index is 0.221. The Kier molecular flexibility index (Phi) is 5.34. The molecular formula is C22H16Cl2N4O. The molecule has 4 aromatic rings. The predicted molar refractivity (Wildman–Crippen MR) is 120 cm³/mol. The summed E-state index contributed by atoms with van der Waals surface area (Å²) in [7, 11) is 0. The molecule has 4 rings (SSSR count). The smallest absolute Gasteiger partial charge is 0.268 e. The molecule has 7 heteroatoms. The van der Waals surface area contributed by atoms with Crippen LogP contribution in [-0.2, 0) is 0 Å². The number of aliphatic imine (C=N–C) groups is 1. The van der Waals surface area contributed by atoms with Crippen LogP contribution in [-0.4, -0.2) is 15.6 Å². The van der Waals surface area contributed by atoms with Gasteiger partial charge in [0.15, 0.2) is 0 Å². The Morgan fingerprint density at radius 2 is 1.83 bits per heavy atom. The van der Waals surface area contributed by atoms with Gasteiger partial charge in [-0.25, -0.2) is 4.98 Å². The third kappa shape index (κ3) is 4.16. The molecule has 0 radical (unpaired) electrons. The zero-order chi connectivity index (χ0) is 20.4. The Hall–Kier alpha value is -3.15. The van der Waals surface area contributed by atoms with E-state index in [2.05, 4.69) is 15.3 Å². The minimum atomic E-state index is -0.221. The lowest BCUT2D eigenvalue weighted by atomic mass is 10.2. The highest BCUT2D eigenvalue weighted by Gasteiger charge is 2.13. The Bertz CT molecular complexity index is 1280. The summed E-state index contributed by atoms with van der Waals surface area (Å²) in [6.07, 6.45) is 3.21. The van der Waals surface area contributed by atoms with Gasteiger partial charge in [0.2, 0.25) is 0 Å². The summed E-state index contributed by atoms with van der Waals surface area (Å²) in [4.78, 5) is 22.3. The van der Waals surface area contributed by atoms with E-state index in [9.17, 15) is 4.79 Å². The molecule has 0 unspecified atom stereocenters. The second-order valence-corrected chi connectivity index (χ2v) is 7.31. The maximum atomic E-state index is 13.2. The maximum absolute atomic E-state index is 13.2. The SMILES string of the molecule is Cc1cccn2c(=O)c(C=Nc3ccc(Cl)cc3)c(Nc3cccc(Cl)c3)nc12. The van der Waals surface area contributed by atoms with Crippen LogP contribution < -0.4 is 10.9 Å². The number of fused-ring (bicyclic) bond motifs is 1. The molecule has 0 aliphatic carbocycles. The first-order valence-electron chi connectivity index (χ1n) is 8.85. The average molecular weight is 423 g/mol. The van der Waals surface area contributed by atoms with Crippen LogP contribution >= 0.6 is 23.2 Å². The molecule has 0 fully saturated rings. The third-order valence-corrected chi connectivity index (χ3v) is 4.83. The van der Waals surface area contributed by atoms with Crippen LogP contribution in [0.5, 0.6) is 0 Å². The standard InChI is InChI=1S/C22H16Cl2N4O/c1-14-4-3-11-28-21(14)27-20(26-18-6-2-5-16(24)12-18)19(22(28)29)13-25-17-9-7-15(23)8-10-17/h2-13,26H,1H3. The van der Waals surface area contributed by atoms with Crippen LogP contribution in [0.15, 0.2) is 76.6 Å². The van der Waals surface area contributed by atoms with Crippen molar-refractivity contribution < 1.29 is 0 Å². The highest BCUT2D eigenvalue weighted by atomic mass is 35.5. The van der Waals surface area contributed by atoms with Crippen molar-refractivity contribution >= 4 is 52.3 Å². The zero-order valence-electron chi connectivity index (χ0n) is 15.4. The molecule has 29 heavy (non-hydrogen) atoms. The minimum Gasteiger partial charge on any atom is -0.339 e. The normalized spacial score (nSPS) is 11.3. The molecule has 2 aromatic heterocycles. The number of aryl methyl sites for hydroxylation is 1. The Morgan fingerprint density at radius 3 is 2.59 bits per heavy atom. The van der Waals surface area contributed by atoms with Crippen molar-refractivity contribution in [2.45, 2.75) is 6.92 Å². The number of nitrogens with one attached hydrogen (secondary N) is 1. The number of anilines is 2. The van der Waals surface area contributed by atoms with E-state index in [-0.39, 0.29) is 5.56 Å². The molecular weight excluding hydrogens is 407 g/mol. The fraction of sp³-hybridized carbons (Fsp3) is 0.0455. The van der Waals surface area contributed by atoms with Gasteiger partial charge in [0.05, 0.1) is 5.69 Å². The van der Waals surface area contributed by atoms with E-state index in [0.717, 1.165) is 11.3 Å². The van der Waals surface area contributed by atoms with E-state index in [1.54, 1.807) is 42.6 Å². The first-order valence-corrected chi connectivity index (χ1v) is 9.61. The number of pyridine rings is 1. The molecule has 0 bridgehead atoms. The van der Waals surface area contributed by atoms with Crippen molar-refractivity contribution in [2.75, 3.05) is 5.32 Å². The van der Waals surface area contributed by atoms with Crippen molar-refractivity contribution in [1.29, 1.82) is 0 Å². The molecule has 0 spiro atoms. The Balaban J connectivity index is 1.86. The predicted octanol–water partition coefficient (Wildman–Crippen LogP) is 5.80. The van der Waals surface area contributed by atoms with Crippen LogP contribution in [0.25, 0.3) is 5.65 Å². The highest BCUT2D eigenvalue weighted by molar-refractivity contribution is 6.31. The number of hydrogen-bond donors (Lipinski definition) is 1. The van der Waals surface area contributed by atoms with Gasteiger partial charge in [-0.3, -0.25) is 14.2 Å². The summed E-state index contributed by atoms with van der Waals surface area (Å²) in [5.74, 6) is 0.407. The zero-order valence-corrected chi connectivity index (χ0v) is 16.9. The number of benzene rings is 2. The van der Waals surface area contributed by atoms with E-state index < -0.39 is 0 Å². The van der Waals surface area contributed by atoms with Gasteiger partial charge < -0.3 is 5.32 Å². The maximum Gasteiger partial charge on any atom is 0.268 e. The Labute approximate surface area is 177 Å². The molecule has 0 aliphatic rings. The molecule has 144 valence electrons. The molecule has 0 saturated heterocycles. The topological polar surface area (TPSA) is 58.8 Å². The fourth-order valence-electron chi connectivity index (χ4n) is 2.89. The van der Waals surface area contributed by atoms with Crippen LogP contribution in [0.4, 0.5) is 17.2 Å². The van der Waals surface area contributed by atoms with E-state index in [1.807, 2.05) is 31.2 Å². The first-order chi connectivity index (χ1) is 14.0. The molecule has 2 heterocycles. The number of hydrogen-bond acceptors (Lipinski definition) is 4. The van der Waals surface area contributed by atoms with Gasteiger partial charge in [0.1, 0.15) is 17.0 Å². The Morgan fingerprint density at radius 1 is 1.03 bits per heavy atom. The number of nitrogens with zero attached hydrogens (tertiary/aromatic N) is 3. The van der Waals surface area contributed by atoms with Gasteiger partial charge >= 0.3 is 0 Å². The molecule has 0 saturated carbocycles. The number of rotatable bonds is 4. The van der Waals surface area contributed by atoms with Crippen LogP contribution in [0, 0.1) is 6.92 Å². The molecule has 2 aromatic carbocycles. The molecule has 0 amide bonds. The fourth-order valence-corrected chi connectivity index (χ4v) is 3.21. The molecule has 0 aliphatic heterocycles. The van der Waals surface area contributed by atoms with Gasteiger partial charge in [-0.2, -0.15) is 0 Å². The van der Waals surface area contributed by atoms with E-state index in [1.165, 1.54) is 10.6 Å². The van der Waals surface area contributed by atoms with E-state index in [0.29, 0.717) is 32.8 Å². The number of aromatic nitrogens is 2. The largest absolute Gasteiger partial charge is 0.339 e. The van der Waals surface area contributed by atoms with Crippen molar-refractivity contribution in [3.63, 3.8) is 0 Å². The van der Waals surface area contributed by atoms with Crippen LogP contribution in [0.2, 0.25) is 10.0 Å². The van der Waals surface area contributed by atoms with Gasteiger partial charge in [-0.05, 0) is 61.0 Å². The second kappa shape index (κ2) is 8.07. The van der Waals surface area contributed by atoms with Gasteiger partial charge in [0, 0.05) is 28.1 Å². The molecule has 1 N–H and O–H groups in total. The lowest BCUT2D eigenvalue weighted by Crippen LogP contribution is -2.22. The molecule has 5 nitrogen and oxygen atoms in total. The summed E-state index contributed by atoms with van der Waals surface area (Å²) in [6.45, 7) is 1.91. The van der Waals surface area contributed by atoms with Crippen LogP contribution in [0.3, 0.4) is 0 Å². The average Bonchev–Trinajstić information content (AvgIpc) is 2.70. The lowest BCUT2D eigenvalue weighted by Gasteiger charge is -2.12. The lowest BCUT2D eigenvalue weighted by molar-refractivity contribution is 1.03. The summed E-state index contributed by atoms with van der Waals surface area (Å²) in [6, 6.07) is 18.0.